The molecule has 28 heavy (non-hydrogen) atoms. The Morgan fingerprint density at radius 3 is 2.18 bits per heavy atom. The van der Waals surface area contributed by atoms with Crippen molar-refractivity contribution in [3.63, 3.8) is 0 Å². The van der Waals surface area contributed by atoms with Gasteiger partial charge in [0.25, 0.3) is 0 Å². The molecule has 1 fully saturated rings. The van der Waals surface area contributed by atoms with Crippen molar-refractivity contribution in [2.75, 3.05) is 13.2 Å². The van der Waals surface area contributed by atoms with E-state index >= 15 is 0 Å². The van der Waals surface area contributed by atoms with Gasteiger partial charge in [0.15, 0.2) is 0 Å². The second kappa shape index (κ2) is 18.2. The molecule has 1 aliphatic rings. The van der Waals surface area contributed by atoms with Gasteiger partial charge in [-0.3, -0.25) is 4.79 Å². The standard InChI is InChI=1S/C24H44O4/c1-2-3-4-5-6-7-8-9-10-11-12-13-14-15-16-17-24(26)28-21-19-23-22(25)18-20-27-23/h9-10,22-23,25H,2-8,11-21H2,1H3/b10-9+. The summed E-state index contributed by atoms with van der Waals surface area (Å²) in [5.41, 5.74) is 0. The molecule has 1 aliphatic heterocycles. The van der Waals surface area contributed by atoms with Gasteiger partial charge < -0.3 is 14.6 Å². The van der Waals surface area contributed by atoms with Crippen molar-refractivity contribution in [3.05, 3.63) is 12.2 Å². The van der Waals surface area contributed by atoms with Gasteiger partial charge >= 0.3 is 5.97 Å². The number of carbonyl (C=O) groups excluding carboxylic acids is 1. The highest BCUT2D eigenvalue weighted by molar-refractivity contribution is 5.69. The first kappa shape index (κ1) is 25.2. The summed E-state index contributed by atoms with van der Waals surface area (Å²) in [5.74, 6) is -0.120. The van der Waals surface area contributed by atoms with E-state index in [4.69, 9.17) is 9.47 Å². The van der Waals surface area contributed by atoms with Gasteiger partial charge in [-0.2, -0.15) is 0 Å². The minimum absolute atomic E-state index is 0.120. The van der Waals surface area contributed by atoms with Crippen molar-refractivity contribution in [2.45, 2.75) is 122 Å². The number of ether oxygens (including phenoxy) is 2. The van der Waals surface area contributed by atoms with E-state index in [9.17, 15) is 9.90 Å². The largest absolute Gasteiger partial charge is 0.466 e. The smallest absolute Gasteiger partial charge is 0.305 e. The molecule has 0 aromatic carbocycles. The van der Waals surface area contributed by atoms with Crippen LogP contribution in [0.15, 0.2) is 12.2 Å². The van der Waals surface area contributed by atoms with E-state index in [1.807, 2.05) is 0 Å². The van der Waals surface area contributed by atoms with Crippen LogP contribution in [0.1, 0.15) is 110 Å². The topological polar surface area (TPSA) is 55.8 Å². The highest BCUT2D eigenvalue weighted by atomic mass is 16.5. The molecule has 2 unspecified atom stereocenters. The Bertz CT molecular complexity index is 394. The Labute approximate surface area is 173 Å². The van der Waals surface area contributed by atoms with Crippen LogP contribution in [0.5, 0.6) is 0 Å². The van der Waals surface area contributed by atoms with Crippen LogP contribution in [0, 0.1) is 0 Å². The molecular formula is C24H44O4. The molecule has 0 aromatic rings. The van der Waals surface area contributed by atoms with Crippen LogP contribution >= 0.6 is 0 Å². The van der Waals surface area contributed by atoms with Gasteiger partial charge in [0, 0.05) is 19.4 Å². The van der Waals surface area contributed by atoms with Gasteiger partial charge in [-0.15, -0.1) is 0 Å². The number of hydrogen-bond donors (Lipinski definition) is 1. The Kier molecular flexibility index (Phi) is 16.3. The summed E-state index contributed by atoms with van der Waals surface area (Å²) in [5, 5.41) is 9.64. The second-order valence-electron chi connectivity index (χ2n) is 8.11. The summed E-state index contributed by atoms with van der Waals surface area (Å²) in [7, 11) is 0. The number of carbonyl (C=O) groups is 1. The van der Waals surface area contributed by atoms with Crippen molar-refractivity contribution in [3.8, 4) is 0 Å². The molecule has 1 rings (SSSR count). The van der Waals surface area contributed by atoms with Gasteiger partial charge in [0.1, 0.15) is 0 Å². The fourth-order valence-corrected chi connectivity index (χ4v) is 3.61. The van der Waals surface area contributed by atoms with Crippen LogP contribution in [0.4, 0.5) is 0 Å². The van der Waals surface area contributed by atoms with E-state index in [-0.39, 0.29) is 12.1 Å². The van der Waals surface area contributed by atoms with Crippen molar-refractivity contribution >= 4 is 5.97 Å². The SMILES string of the molecule is CCCCCCCC/C=C/CCCCCCCC(=O)OCCC1OCCC1O. The maximum absolute atomic E-state index is 11.7. The molecule has 1 saturated heterocycles. The molecule has 2 atom stereocenters. The van der Waals surface area contributed by atoms with Crippen molar-refractivity contribution in [1.29, 1.82) is 0 Å². The fourth-order valence-electron chi connectivity index (χ4n) is 3.61. The van der Waals surface area contributed by atoms with Crippen LogP contribution in [-0.2, 0) is 14.3 Å². The first-order valence-electron chi connectivity index (χ1n) is 11.8. The van der Waals surface area contributed by atoms with Crippen LogP contribution in [-0.4, -0.2) is 36.5 Å². The number of hydrogen-bond acceptors (Lipinski definition) is 4. The lowest BCUT2D eigenvalue weighted by Gasteiger charge is -2.13. The summed E-state index contributed by atoms with van der Waals surface area (Å²) >= 11 is 0. The molecule has 0 radical (unpaired) electrons. The maximum Gasteiger partial charge on any atom is 0.305 e. The third-order valence-electron chi connectivity index (χ3n) is 5.48. The van der Waals surface area contributed by atoms with E-state index in [1.165, 1.54) is 70.6 Å². The summed E-state index contributed by atoms with van der Waals surface area (Å²) in [6.45, 7) is 3.22. The zero-order valence-electron chi connectivity index (χ0n) is 18.2. The van der Waals surface area contributed by atoms with Crippen molar-refractivity contribution < 1.29 is 19.4 Å². The zero-order valence-corrected chi connectivity index (χ0v) is 18.2. The van der Waals surface area contributed by atoms with E-state index < -0.39 is 6.10 Å². The predicted molar refractivity (Wildman–Crippen MR) is 115 cm³/mol. The van der Waals surface area contributed by atoms with E-state index in [0.717, 1.165) is 12.8 Å². The van der Waals surface area contributed by atoms with Crippen LogP contribution in [0.3, 0.4) is 0 Å². The van der Waals surface area contributed by atoms with Gasteiger partial charge in [0.05, 0.1) is 18.8 Å². The Balaban J connectivity index is 1.78. The summed E-state index contributed by atoms with van der Waals surface area (Å²) in [6.07, 6.45) is 22.3. The van der Waals surface area contributed by atoms with E-state index in [2.05, 4.69) is 19.1 Å². The fraction of sp³-hybridized carbons (Fsp3) is 0.875. The molecule has 0 bridgehead atoms. The molecule has 1 heterocycles. The molecule has 0 aliphatic carbocycles. The third-order valence-corrected chi connectivity index (χ3v) is 5.48. The average molecular weight is 397 g/mol. The second-order valence-corrected chi connectivity index (χ2v) is 8.11. The number of unbranched alkanes of at least 4 members (excludes halogenated alkanes) is 11. The van der Waals surface area contributed by atoms with Crippen LogP contribution in [0.25, 0.3) is 0 Å². The molecule has 0 saturated carbocycles. The third kappa shape index (κ3) is 14.2. The lowest BCUT2D eigenvalue weighted by atomic mass is 10.1. The molecule has 0 aromatic heterocycles. The summed E-state index contributed by atoms with van der Waals surface area (Å²) < 4.78 is 10.6. The summed E-state index contributed by atoms with van der Waals surface area (Å²) in [6, 6.07) is 0. The average Bonchev–Trinajstić information content (AvgIpc) is 3.10. The van der Waals surface area contributed by atoms with Crippen molar-refractivity contribution in [2.24, 2.45) is 0 Å². The Hall–Kier alpha value is -0.870. The number of allylic oxidation sites excluding steroid dienone is 2. The molecular weight excluding hydrogens is 352 g/mol. The van der Waals surface area contributed by atoms with Crippen LogP contribution < -0.4 is 0 Å². The molecule has 164 valence electrons. The first-order chi connectivity index (χ1) is 13.7. The molecule has 4 nitrogen and oxygen atoms in total. The number of aliphatic hydroxyl groups excluding tert-OH is 1. The molecule has 4 heteroatoms. The lowest BCUT2D eigenvalue weighted by molar-refractivity contribution is -0.144. The zero-order chi connectivity index (χ0) is 20.3. The molecule has 1 N–H and O–H groups in total. The van der Waals surface area contributed by atoms with Gasteiger partial charge in [-0.1, -0.05) is 70.4 Å². The minimum Gasteiger partial charge on any atom is -0.466 e. The van der Waals surface area contributed by atoms with E-state index in [1.54, 1.807) is 0 Å². The minimum atomic E-state index is -0.399. The molecule has 0 amide bonds. The summed E-state index contributed by atoms with van der Waals surface area (Å²) in [4.78, 5) is 11.7. The monoisotopic (exact) mass is 396 g/mol. The first-order valence-corrected chi connectivity index (χ1v) is 11.8. The quantitative estimate of drug-likeness (QED) is 0.173. The Morgan fingerprint density at radius 2 is 1.57 bits per heavy atom. The van der Waals surface area contributed by atoms with Crippen LogP contribution in [0.2, 0.25) is 0 Å². The van der Waals surface area contributed by atoms with Gasteiger partial charge in [-0.05, 0) is 38.5 Å². The number of esters is 1. The number of aliphatic hydroxyl groups is 1. The highest BCUT2D eigenvalue weighted by Crippen LogP contribution is 2.16. The van der Waals surface area contributed by atoms with Gasteiger partial charge in [0.2, 0.25) is 0 Å². The lowest BCUT2D eigenvalue weighted by Crippen LogP contribution is -2.23. The van der Waals surface area contributed by atoms with Gasteiger partial charge in [-0.25, -0.2) is 0 Å². The Morgan fingerprint density at radius 1 is 0.964 bits per heavy atom. The van der Waals surface area contributed by atoms with Crippen molar-refractivity contribution in [1.82, 2.24) is 0 Å². The normalized spacial score (nSPS) is 19.5. The molecule has 0 spiro atoms. The maximum atomic E-state index is 11.7. The van der Waals surface area contributed by atoms with E-state index in [0.29, 0.717) is 32.5 Å². The predicted octanol–water partition coefficient (Wildman–Crippen LogP) is 6.11. The highest BCUT2D eigenvalue weighted by Gasteiger charge is 2.25. The number of rotatable bonds is 18.